The Morgan fingerprint density at radius 1 is 1.69 bits per heavy atom. The van der Waals surface area contributed by atoms with Crippen molar-refractivity contribution >= 4 is 28.7 Å². The molecule has 1 N–H and O–H groups in total. The summed E-state index contributed by atoms with van der Waals surface area (Å²) in [5, 5.41) is 6.07. The minimum atomic E-state index is 0.239. The molecule has 0 bridgehead atoms. The maximum Gasteiger partial charge on any atom is 0.169 e. The molecule has 1 unspecified atom stereocenters. The molecule has 0 spiro atoms. The zero-order valence-corrected chi connectivity index (χ0v) is 11.5. The van der Waals surface area contributed by atoms with E-state index in [2.05, 4.69) is 29.8 Å². The van der Waals surface area contributed by atoms with Crippen molar-refractivity contribution < 1.29 is 4.74 Å². The smallest absolute Gasteiger partial charge is 0.169 e. The lowest BCUT2D eigenvalue weighted by molar-refractivity contribution is 0.178. The van der Waals surface area contributed by atoms with E-state index >= 15 is 0 Å². The van der Waals surface area contributed by atoms with Crippen molar-refractivity contribution in [3.05, 3.63) is 22.4 Å². The number of hydrogen-bond donors (Lipinski definition) is 1. The molecule has 3 nitrogen and oxygen atoms in total. The first-order valence-corrected chi connectivity index (χ1v) is 6.45. The van der Waals surface area contributed by atoms with E-state index in [0.29, 0.717) is 6.61 Å². The van der Waals surface area contributed by atoms with Crippen LogP contribution in [0.25, 0.3) is 0 Å². The Labute approximate surface area is 106 Å². The number of nitrogens with one attached hydrogen (secondary N) is 1. The lowest BCUT2D eigenvalue weighted by Gasteiger charge is -2.23. The Morgan fingerprint density at radius 2 is 2.44 bits per heavy atom. The van der Waals surface area contributed by atoms with Crippen LogP contribution in [0.5, 0.6) is 0 Å². The van der Waals surface area contributed by atoms with Crippen LogP contribution in [0.15, 0.2) is 17.5 Å². The Kier molecular flexibility index (Phi) is 5.73. The van der Waals surface area contributed by atoms with Crippen molar-refractivity contribution in [2.45, 2.75) is 19.5 Å². The summed E-state index contributed by atoms with van der Waals surface area (Å²) in [5.74, 6) is 0. The first kappa shape index (κ1) is 13.4. The molecule has 0 saturated heterocycles. The van der Waals surface area contributed by atoms with E-state index in [1.165, 1.54) is 4.88 Å². The summed E-state index contributed by atoms with van der Waals surface area (Å²) in [6.45, 7) is 3.56. The zero-order valence-electron chi connectivity index (χ0n) is 9.90. The Morgan fingerprint density at radius 3 is 3.00 bits per heavy atom. The minimum Gasteiger partial charge on any atom is -0.383 e. The quantitative estimate of drug-likeness (QED) is 0.817. The van der Waals surface area contributed by atoms with Gasteiger partial charge >= 0.3 is 0 Å². The summed E-state index contributed by atoms with van der Waals surface area (Å²) in [5.41, 5.74) is 0. The first-order valence-electron chi connectivity index (χ1n) is 5.16. The molecule has 5 heteroatoms. The highest BCUT2D eigenvalue weighted by Crippen LogP contribution is 2.10. The number of rotatable bonds is 5. The molecular weight excluding hydrogens is 240 g/mol. The topological polar surface area (TPSA) is 24.5 Å². The first-order chi connectivity index (χ1) is 7.63. The van der Waals surface area contributed by atoms with Gasteiger partial charge in [0.25, 0.3) is 0 Å². The summed E-state index contributed by atoms with van der Waals surface area (Å²) >= 11 is 7.05. The van der Waals surface area contributed by atoms with Crippen LogP contribution in [0, 0.1) is 0 Å². The second-order valence-corrected chi connectivity index (χ2v) is 5.16. The number of ether oxygens (including phenoxy) is 1. The highest BCUT2D eigenvalue weighted by molar-refractivity contribution is 7.80. The van der Waals surface area contributed by atoms with Gasteiger partial charge < -0.3 is 15.0 Å². The molecule has 0 aliphatic heterocycles. The molecule has 90 valence electrons. The molecule has 1 atom stereocenters. The molecular formula is C11H18N2OS2. The van der Waals surface area contributed by atoms with Gasteiger partial charge in [-0.3, -0.25) is 0 Å². The maximum atomic E-state index is 5.30. The van der Waals surface area contributed by atoms with Crippen LogP contribution < -0.4 is 5.32 Å². The van der Waals surface area contributed by atoms with Crippen LogP contribution in [0.1, 0.15) is 11.8 Å². The Bertz CT molecular complexity index is 314. The molecule has 0 aromatic carbocycles. The van der Waals surface area contributed by atoms with E-state index in [4.69, 9.17) is 17.0 Å². The highest BCUT2D eigenvalue weighted by atomic mass is 32.1. The van der Waals surface area contributed by atoms with E-state index in [9.17, 15) is 0 Å². The van der Waals surface area contributed by atoms with E-state index in [0.717, 1.165) is 11.7 Å². The number of methoxy groups -OCH3 is 1. The van der Waals surface area contributed by atoms with Crippen LogP contribution in [-0.2, 0) is 11.3 Å². The average Bonchev–Trinajstić information content (AvgIpc) is 2.70. The Hall–Kier alpha value is -0.650. The van der Waals surface area contributed by atoms with Gasteiger partial charge in [-0.2, -0.15) is 0 Å². The van der Waals surface area contributed by atoms with Crippen LogP contribution >= 0.6 is 23.6 Å². The van der Waals surface area contributed by atoms with Crippen molar-refractivity contribution in [1.29, 1.82) is 0 Å². The second kappa shape index (κ2) is 6.83. The summed E-state index contributed by atoms with van der Waals surface area (Å²) in [6.07, 6.45) is 0. The minimum absolute atomic E-state index is 0.239. The fourth-order valence-corrected chi connectivity index (χ4v) is 2.34. The van der Waals surface area contributed by atoms with E-state index in [1.54, 1.807) is 18.4 Å². The molecule has 0 saturated carbocycles. The van der Waals surface area contributed by atoms with Crippen molar-refractivity contribution in [2.75, 3.05) is 20.8 Å². The van der Waals surface area contributed by atoms with Crippen LogP contribution in [-0.4, -0.2) is 36.8 Å². The summed E-state index contributed by atoms with van der Waals surface area (Å²) < 4.78 is 5.05. The summed E-state index contributed by atoms with van der Waals surface area (Å²) in [6, 6.07) is 4.41. The molecule has 0 amide bonds. The number of nitrogens with zero attached hydrogens (tertiary/aromatic N) is 1. The predicted octanol–water partition coefficient (Wildman–Crippen LogP) is 2.09. The molecule has 1 heterocycles. The fourth-order valence-electron chi connectivity index (χ4n) is 1.32. The van der Waals surface area contributed by atoms with Crippen LogP contribution in [0.4, 0.5) is 0 Å². The monoisotopic (exact) mass is 258 g/mol. The molecule has 1 aromatic rings. The zero-order chi connectivity index (χ0) is 12.0. The highest BCUT2D eigenvalue weighted by Gasteiger charge is 2.08. The van der Waals surface area contributed by atoms with E-state index < -0.39 is 0 Å². The summed E-state index contributed by atoms with van der Waals surface area (Å²) in [4.78, 5) is 3.35. The van der Waals surface area contributed by atoms with Gasteiger partial charge in [0.05, 0.1) is 13.2 Å². The molecule has 0 aliphatic rings. The van der Waals surface area contributed by atoms with Gasteiger partial charge in [-0.25, -0.2) is 0 Å². The van der Waals surface area contributed by atoms with Gasteiger partial charge in [0.1, 0.15) is 0 Å². The van der Waals surface area contributed by atoms with Gasteiger partial charge in [-0.05, 0) is 30.6 Å². The van der Waals surface area contributed by atoms with E-state index in [1.807, 2.05) is 11.9 Å². The van der Waals surface area contributed by atoms with Gasteiger partial charge in [-0.1, -0.05) is 6.07 Å². The molecule has 0 fully saturated rings. The summed E-state index contributed by atoms with van der Waals surface area (Å²) in [7, 11) is 3.69. The molecule has 0 aliphatic carbocycles. The third-order valence-corrected chi connectivity index (χ3v) is 3.40. The van der Waals surface area contributed by atoms with Gasteiger partial charge in [-0.15, -0.1) is 11.3 Å². The third-order valence-electron chi connectivity index (χ3n) is 2.11. The largest absolute Gasteiger partial charge is 0.383 e. The molecule has 0 radical (unpaired) electrons. The number of hydrogen-bond acceptors (Lipinski definition) is 3. The predicted molar refractivity (Wildman–Crippen MR) is 72.9 cm³/mol. The number of thiocarbonyl (C=S) groups is 1. The SMILES string of the molecule is COCC(C)NC(=S)N(C)Cc1cccs1. The molecule has 16 heavy (non-hydrogen) atoms. The van der Waals surface area contributed by atoms with Crippen molar-refractivity contribution in [1.82, 2.24) is 10.2 Å². The van der Waals surface area contributed by atoms with Gasteiger partial charge in [0, 0.05) is 25.1 Å². The lowest BCUT2D eigenvalue weighted by atomic mass is 10.4. The fraction of sp³-hybridized carbons (Fsp3) is 0.545. The third kappa shape index (κ3) is 4.47. The average molecular weight is 258 g/mol. The molecule has 1 aromatic heterocycles. The van der Waals surface area contributed by atoms with Crippen LogP contribution in [0.3, 0.4) is 0 Å². The van der Waals surface area contributed by atoms with Crippen molar-refractivity contribution in [3.8, 4) is 0 Å². The Balaban J connectivity index is 2.36. The van der Waals surface area contributed by atoms with Crippen LogP contribution in [0.2, 0.25) is 0 Å². The standard InChI is InChI=1S/C11H18N2OS2/c1-9(8-14-3)12-11(15)13(2)7-10-5-4-6-16-10/h4-6,9H,7-8H2,1-3H3,(H,12,15). The van der Waals surface area contributed by atoms with Gasteiger partial charge in [0.2, 0.25) is 0 Å². The molecule has 1 rings (SSSR count). The van der Waals surface area contributed by atoms with Crippen molar-refractivity contribution in [3.63, 3.8) is 0 Å². The second-order valence-electron chi connectivity index (χ2n) is 3.74. The maximum absolute atomic E-state index is 5.30. The van der Waals surface area contributed by atoms with Crippen molar-refractivity contribution in [2.24, 2.45) is 0 Å². The number of thiophene rings is 1. The normalized spacial score (nSPS) is 12.2. The van der Waals surface area contributed by atoms with Gasteiger partial charge in [0.15, 0.2) is 5.11 Å². The lowest BCUT2D eigenvalue weighted by Crippen LogP contribution is -2.42. The van der Waals surface area contributed by atoms with E-state index in [-0.39, 0.29) is 6.04 Å².